The normalized spacial score (nSPS) is 13.5. The van der Waals surface area contributed by atoms with Crippen LogP contribution in [-0.2, 0) is 10.8 Å². The summed E-state index contributed by atoms with van der Waals surface area (Å²) in [5.41, 5.74) is -8.90. The number of nitriles is 1. The Morgan fingerprint density at radius 2 is 0.614 bits per heavy atom. The predicted octanol–water partition coefficient (Wildman–Crippen LogP) is 16.2. The molecule has 0 spiro atoms. The molecule has 0 fully saturated rings. The summed E-state index contributed by atoms with van der Waals surface area (Å²) >= 11 is 0. The molecule has 7 aromatic carbocycles. The van der Waals surface area contributed by atoms with Gasteiger partial charge in [0.1, 0.15) is 57.0 Å². The lowest BCUT2D eigenvalue weighted by molar-refractivity contribution is -0.173. The van der Waals surface area contributed by atoms with Gasteiger partial charge in [-0.3, -0.25) is 0 Å². The van der Waals surface area contributed by atoms with Gasteiger partial charge in [-0.15, -0.1) is 0 Å². The van der Waals surface area contributed by atoms with Gasteiger partial charge in [-0.25, -0.2) is 17.6 Å². The van der Waals surface area contributed by atoms with Crippen LogP contribution in [0, 0.1) is 71.7 Å². The first-order chi connectivity index (χ1) is 32.8. The molecule has 2 atom stereocenters. The minimum Gasteiger partial charge on any atom is -0.456 e. The molecule has 0 aliphatic heterocycles. The fourth-order valence-electron chi connectivity index (χ4n) is 7.32. The zero-order valence-electron chi connectivity index (χ0n) is 36.3. The Hall–Kier alpha value is -7.75. The van der Waals surface area contributed by atoms with Crippen LogP contribution in [0.3, 0.4) is 0 Å². The van der Waals surface area contributed by atoms with Crippen LogP contribution in [0.4, 0.5) is 61.5 Å². The van der Waals surface area contributed by atoms with Crippen molar-refractivity contribution in [2.75, 3.05) is 0 Å². The second-order valence-electron chi connectivity index (χ2n) is 15.9. The molecular formula is C51H31F14NO4. The Balaban J connectivity index is 1.08. The maximum Gasteiger partial charge on any atom is 0.402 e. The molecule has 0 aliphatic carbocycles. The number of hydrogen-bond donors (Lipinski definition) is 0. The molecule has 0 aliphatic rings. The molecule has 0 N–H and O–H groups in total. The Bertz CT molecular complexity index is 2890. The molecule has 7 aromatic rings. The van der Waals surface area contributed by atoms with Gasteiger partial charge < -0.3 is 18.9 Å². The van der Waals surface area contributed by atoms with E-state index < -0.39 is 104 Å². The van der Waals surface area contributed by atoms with Crippen molar-refractivity contribution in [3.8, 4) is 52.1 Å². The molecule has 0 heterocycles. The second kappa shape index (κ2) is 18.6. The Morgan fingerprint density at radius 1 is 0.371 bits per heavy atom. The van der Waals surface area contributed by atoms with Crippen molar-refractivity contribution in [2.24, 2.45) is 0 Å². The van der Waals surface area contributed by atoms with Gasteiger partial charge in [-0.05, 0) is 111 Å². The Morgan fingerprint density at radius 3 is 0.843 bits per heavy atom. The van der Waals surface area contributed by atoms with Crippen LogP contribution in [0.1, 0.15) is 52.8 Å². The molecule has 0 saturated heterocycles. The SMILES string of the molecule is Cc1c(F)c(F)c(Oc2ccc(C(C)(c3ccc(Oc4cccc(Oc5ccc(C(C)(c6ccc(Oc7c(F)c(F)c(C)c(F)c7F)cc6)C(F)(F)F)cc5)c4C#N)cc3)C(F)(F)F)cc2)c(F)c1F. The summed E-state index contributed by atoms with van der Waals surface area (Å²) in [4.78, 5) is 0. The largest absolute Gasteiger partial charge is 0.456 e. The minimum atomic E-state index is -4.95. The zero-order chi connectivity index (χ0) is 51.2. The summed E-state index contributed by atoms with van der Waals surface area (Å²) in [6.45, 7) is 3.32. The van der Waals surface area contributed by atoms with Crippen molar-refractivity contribution in [3.05, 3.63) is 201 Å². The third kappa shape index (κ3) is 8.89. The maximum atomic E-state index is 14.9. The summed E-state index contributed by atoms with van der Waals surface area (Å²) in [7, 11) is 0. The zero-order valence-corrected chi connectivity index (χ0v) is 36.3. The average molecular weight is 988 g/mol. The number of alkyl halides is 6. The molecule has 5 nitrogen and oxygen atoms in total. The van der Waals surface area contributed by atoms with Crippen LogP contribution in [0.15, 0.2) is 115 Å². The van der Waals surface area contributed by atoms with Crippen molar-refractivity contribution in [3.63, 3.8) is 0 Å². The lowest BCUT2D eigenvalue weighted by Gasteiger charge is -2.33. The lowest BCUT2D eigenvalue weighted by Crippen LogP contribution is -2.40. The maximum absolute atomic E-state index is 14.9. The summed E-state index contributed by atoms with van der Waals surface area (Å²) in [6, 6.07) is 22.6. The highest BCUT2D eigenvalue weighted by Crippen LogP contribution is 2.49. The first-order valence-corrected chi connectivity index (χ1v) is 20.3. The van der Waals surface area contributed by atoms with Gasteiger partial charge >= 0.3 is 12.4 Å². The monoisotopic (exact) mass is 987 g/mol. The van der Waals surface area contributed by atoms with Gasteiger partial charge in [0.2, 0.25) is 34.8 Å². The molecule has 19 heteroatoms. The molecule has 0 radical (unpaired) electrons. The molecule has 2 unspecified atom stereocenters. The summed E-state index contributed by atoms with van der Waals surface area (Å²) < 4.78 is 225. The topological polar surface area (TPSA) is 60.7 Å². The second-order valence-corrected chi connectivity index (χ2v) is 15.9. The number of benzene rings is 7. The third-order valence-corrected chi connectivity index (χ3v) is 11.7. The summed E-state index contributed by atoms with van der Waals surface area (Å²) in [5, 5.41) is 10.1. The van der Waals surface area contributed by atoms with Crippen molar-refractivity contribution in [1.82, 2.24) is 0 Å². The average Bonchev–Trinajstić information content (AvgIpc) is 3.34. The van der Waals surface area contributed by atoms with Crippen molar-refractivity contribution >= 4 is 0 Å². The predicted molar refractivity (Wildman–Crippen MR) is 224 cm³/mol. The first kappa shape index (κ1) is 50.1. The van der Waals surface area contributed by atoms with E-state index in [1.54, 1.807) is 0 Å². The van der Waals surface area contributed by atoms with E-state index >= 15 is 0 Å². The van der Waals surface area contributed by atoms with Crippen LogP contribution in [0.2, 0.25) is 0 Å². The number of nitrogens with zero attached hydrogens (tertiary/aromatic N) is 1. The van der Waals surface area contributed by atoms with Crippen LogP contribution >= 0.6 is 0 Å². The van der Waals surface area contributed by atoms with E-state index in [2.05, 4.69) is 0 Å². The number of hydrogen-bond acceptors (Lipinski definition) is 5. The van der Waals surface area contributed by atoms with E-state index in [-0.39, 0.29) is 50.8 Å². The lowest BCUT2D eigenvalue weighted by atomic mass is 9.75. The van der Waals surface area contributed by atoms with Gasteiger partial charge in [-0.2, -0.15) is 49.2 Å². The molecule has 0 aromatic heterocycles. The van der Waals surface area contributed by atoms with Gasteiger partial charge in [0, 0.05) is 11.1 Å². The molecule has 0 amide bonds. The van der Waals surface area contributed by atoms with Gasteiger partial charge in [0.05, 0.1) is 0 Å². The van der Waals surface area contributed by atoms with Crippen molar-refractivity contribution < 1.29 is 80.4 Å². The highest BCUT2D eigenvalue weighted by atomic mass is 19.4. The smallest absolute Gasteiger partial charge is 0.402 e. The number of halogens is 14. The van der Waals surface area contributed by atoms with Crippen LogP contribution in [0.5, 0.6) is 46.0 Å². The van der Waals surface area contributed by atoms with Gasteiger partial charge in [0.25, 0.3) is 0 Å². The Kier molecular flexibility index (Phi) is 13.3. The fourth-order valence-corrected chi connectivity index (χ4v) is 7.32. The minimum absolute atomic E-state index is 0.0417. The van der Waals surface area contributed by atoms with Crippen molar-refractivity contribution in [2.45, 2.75) is 50.9 Å². The molecule has 7 rings (SSSR count). The van der Waals surface area contributed by atoms with E-state index in [0.717, 1.165) is 100 Å². The van der Waals surface area contributed by atoms with Crippen LogP contribution < -0.4 is 18.9 Å². The fraction of sp³-hybridized carbons (Fsp3) is 0.157. The van der Waals surface area contributed by atoms with E-state index in [0.29, 0.717) is 0 Å². The molecule has 0 saturated carbocycles. The Labute approximate surface area is 388 Å². The van der Waals surface area contributed by atoms with Crippen LogP contribution in [0.25, 0.3) is 0 Å². The number of ether oxygens (including phenoxy) is 4. The van der Waals surface area contributed by atoms with Crippen LogP contribution in [-0.4, -0.2) is 12.4 Å². The van der Waals surface area contributed by atoms with E-state index in [9.17, 15) is 66.7 Å². The van der Waals surface area contributed by atoms with Gasteiger partial charge in [-0.1, -0.05) is 54.6 Å². The standard InChI is InChI=1S/C51H31F14NO4/c1-25-38(52)42(56)46(43(57)39(25)53)69-33-20-12-29(13-21-33)48(3,50(60,61)62)27-8-16-31(17-9-27)67-36-6-5-7-37(35(36)24-66)68-32-18-10-28(11-19-32)49(4,51(63,64)65)30-14-22-34(23-15-30)70-47-44(58)40(54)26(2)41(55)45(47)59/h5-23H,1-4H3. The quantitative estimate of drug-likeness (QED) is 0.0902. The molecule has 362 valence electrons. The molecule has 0 bridgehead atoms. The summed E-state index contributed by atoms with van der Waals surface area (Å²) in [5.74, 6) is -18.3. The highest BCUT2D eigenvalue weighted by molar-refractivity contribution is 5.56. The molecular weight excluding hydrogens is 957 g/mol. The summed E-state index contributed by atoms with van der Waals surface area (Å²) in [6.07, 6.45) is -9.91. The number of rotatable bonds is 12. The molecule has 70 heavy (non-hydrogen) atoms. The first-order valence-electron chi connectivity index (χ1n) is 20.3. The van der Waals surface area contributed by atoms with E-state index in [1.807, 2.05) is 6.07 Å². The highest BCUT2D eigenvalue weighted by Gasteiger charge is 2.54. The third-order valence-electron chi connectivity index (χ3n) is 11.7. The van der Waals surface area contributed by atoms with Crippen molar-refractivity contribution in [1.29, 1.82) is 5.26 Å². The van der Waals surface area contributed by atoms with E-state index in [1.165, 1.54) is 42.5 Å². The van der Waals surface area contributed by atoms with E-state index in [4.69, 9.17) is 18.9 Å². The van der Waals surface area contributed by atoms with Gasteiger partial charge in [0.15, 0.2) is 23.3 Å².